The molecule has 0 saturated carbocycles. The molecule has 0 aliphatic carbocycles. The topological polar surface area (TPSA) is 69.8 Å². The highest BCUT2D eigenvalue weighted by atomic mass is 16.5. The molecule has 156 valence electrons. The Morgan fingerprint density at radius 3 is 1.22 bits per heavy atom. The fourth-order valence-corrected chi connectivity index (χ4v) is 3.09. The van der Waals surface area contributed by atoms with E-state index in [4.69, 9.17) is 4.74 Å². The molecule has 0 aromatic carbocycles. The third-order valence-corrected chi connectivity index (χ3v) is 4.56. The molecule has 0 heterocycles. The van der Waals surface area contributed by atoms with Crippen LogP contribution in [0.4, 0.5) is 0 Å². The van der Waals surface area contributed by atoms with Crippen molar-refractivity contribution >= 4 is 0 Å². The predicted octanol–water partition coefficient (Wildman–Crippen LogP) is 1.74. The van der Waals surface area contributed by atoms with Crippen molar-refractivity contribution in [1.29, 1.82) is 10.5 Å². The smallest absolute Gasteiger partial charge is 0.128 e. The molecule has 0 N–H and O–H groups in total. The number of nitriles is 2. The maximum absolute atomic E-state index is 9.71. The van der Waals surface area contributed by atoms with Crippen LogP contribution < -0.4 is 0 Å². The van der Waals surface area contributed by atoms with Crippen LogP contribution in [-0.4, -0.2) is 102 Å². The molecule has 4 atom stereocenters. The summed E-state index contributed by atoms with van der Waals surface area (Å²) in [6, 6.07) is 4.85. The van der Waals surface area contributed by atoms with Gasteiger partial charge < -0.3 is 14.5 Å². The van der Waals surface area contributed by atoms with E-state index in [-0.39, 0.29) is 24.3 Å². The fraction of sp³-hybridized carbons (Fsp3) is 0.900. The van der Waals surface area contributed by atoms with Crippen LogP contribution in [0.5, 0.6) is 0 Å². The van der Waals surface area contributed by atoms with Crippen LogP contribution in [0, 0.1) is 34.5 Å². The summed E-state index contributed by atoms with van der Waals surface area (Å²) in [5, 5.41) is 19.4. The largest absolute Gasteiger partial charge is 0.342 e. The summed E-state index contributed by atoms with van der Waals surface area (Å²) in [6.07, 6.45) is 2.75. The van der Waals surface area contributed by atoms with Crippen LogP contribution in [0.1, 0.15) is 25.7 Å². The van der Waals surface area contributed by atoms with Crippen molar-refractivity contribution in [3.8, 4) is 12.1 Å². The van der Waals surface area contributed by atoms with E-state index in [0.717, 1.165) is 38.8 Å². The van der Waals surface area contributed by atoms with E-state index in [1.54, 1.807) is 0 Å². The first-order chi connectivity index (χ1) is 12.6. The lowest BCUT2D eigenvalue weighted by Crippen LogP contribution is -2.47. The number of hydrogen-bond donors (Lipinski definition) is 0. The molecule has 0 aromatic rings. The summed E-state index contributed by atoms with van der Waals surface area (Å²) in [5.74, 6) is -0.466. The van der Waals surface area contributed by atoms with E-state index in [2.05, 4.69) is 21.9 Å². The molecule has 0 aliphatic heterocycles. The SMILES string of the molecule is CN(C)CCCC(C#N)C(OC(C(C#N)CCCN(C)C)N(C)C)N(C)C. The Morgan fingerprint density at radius 2 is 1.00 bits per heavy atom. The molecular formula is C20H40N6O. The van der Waals surface area contributed by atoms with E-state index >= 15 is 0 Å². The maximum atomic E-state index is 9.71. The molecule has 0 spiro atoms. The maximum Gasteiger partial charge on any atom is 0.128 e. The third kappa shape index (κ3) is 10.6. The quantitative estimate of drug-likeness (QED) is 0.425. The molecule has 0 radical (unpaired) electrons. The van der Waals surface area contributed by atoms with Gasteiger partial charge in [0.05, 0.1) is 24.0 Å². The Balaban J connectivity index is 5.14. The minimum absolute atomic E-state index is 0.233. The molecule has 0 rings (SSSR count). The average Bonchev–Trinajstić information content (AvgIpc) is 2.57. The lowest BCUT2D eigenvalue weighted by atomic mass is 10.00. The highest BCUT2D eigenvalue weighted by molar-refractivity contribution is 4.92. The van der Waals surface area contributed by atoms with Crippen molar-refractivity contribution in [2.45, 2.75) is 38.1 Å². The van der Waals surface area contributed by atoms with Gasteiger partial charge in [0.15, 0.2) is 0 Å². The minimum atomic E-state index is -0.339. The van der Waals surface area contributed by atoms with Crippen molar-refractivity contribution in [3.05, 3.63) is 0 Å². The van der Waals surface area contributed by atoms with Gasteiger partial charge in [0.1, 0.15) is 12.5 Å². The van der Waals surface area contributed by atoms with Crippen LogP contribution in [0.2, 0.25) is 0 Å². The zero-order chi connectivity index (χ0) is 21.0. The lowest BCUT2D eigenvalue weighted by Gasteiger charge is -2.36. The number of hydrogen-bond acceptors (Lipinski definition) is 7. The summed E-state index contributed by atoms with van der Waals surface area (Å²) in [6.45, 7) is 1.89. The van der Waals surface area contributed by atoms with E-state index in [0.29, 0.717) is 0 Å². The Kier molecular flexibility index (Phi) is 13.2. The first-order valence-corrected chi connectivity index (χ1v) is 9.71. The molecule has 0 bridgehead atoms. The van der Waals surface area contributed by atoms with Crippen LogP contribution in [0.15, 0.2) is 0 Å². The second-order valence-electron chi connectivity index (χ2n) is 8.21. The van der Waals surface area contributed by atoms with Crippen LogP contribution >= 0.6 is 0 Å². The van der Waals surface area contributed by atoms with Gasteiger partial charge in [0.2, 0.25) is 0 Å². The van der Waals surface area contributed by atoms with Crippen LogP contribution in [0.25, 0.3) is 0 Å². The summed E-state index contributed by atoms with van der Waals surface area (Å²) < 4.78 is 6.37. The molecule has 0 aromatic heterocycles. The van der Waals surface area contributed by atoms with Gasteiger partial charge in [-0.25, -0.2) is 0 Å². The Labute approximate surface area is 167 Å². The monoisotopic (exact) mass is 380 g/mol. The molecular weight excluding hydrogens is 340 g/mol. The summed E-state index contributed by atoms with van der Waals surface area (Å²) >= 11 is 0. The minimum Gasteiger partial charge on any atom is -0.342 e. The lowest BCUT2D eigenvalue weighted by molar-refractivity contribution is -0.161. The molecule has 27 heavy (non-hydrogen) atoms. The summed E-state index contributed by atoms with van der Waals surface area (Å²) in [4.78, 5) is 8.15. The third-order valence-electron chi connectivity index (χ3n) is 4.56. The van der Waals surface area contributed by atoms with Crippen molar-refractivity contribution in [2.75, 3.05) is 69.5 Å². The first-order valence-electron chi connectivity index (χ1n) is 9.71. The Morgan fingerprint density at radius 1 is 0.667 bits per heavy atom. The van der Waals surface area contributed by atoms with Gasteiger partial charge in [-0.05, 0) is 95.2 Å². The zero-order valence-corrected chi connectivity index (χ0v) is 18.6. The van der Waals surface area contributed by atoms with Crippen molar-refractivity contribution in [1.82, 2.24) is 19.6 Å². The molecule has 7 nitrogen and oxygen atoms in total. The average molecular weight is 381 g/mol. The van der Waals surface area contributed by atoms with E-state index in [9.17, 15) is 10.5 Å². The number of ether oxygens (including phenoxy) is 1. The highest BCUT2D eigenvalue weighted by Crippen LogP contribution is 2.23. The van der Waals surface area contributed by atoms with E-state index < -0.39 is 0 Å². The number of nitrogens with zero attached hydrogens (tertiary/aromatic N) is 6. The van der Waals surface area contributed by atoms with Gasteiger partial charge in [-0.3, -0.25) is 9.80 Å². The van der Waals surface area contributed by atoms with Crippen LogP contribution in [0.3, 0.4) is 0 Å². The zero-order valence-electron chi connectivity index (χ0n) is 18.6. The van der Waals surface area contributed by atoms with Crippen molar-refractivity contribution in [3.63, 3.8) is 0 Å². The van der Waals surface area contributed by atoms with Gasteiger partial charge >= 0.3 is 0 Å². The van der Waals surface area contributed by atoms with Gasteiger partial charge in [0.25, 0.3) is 0 Å². The van der Waals surface area contributed by atoms with Gasteiger partial charge in [-0.1, -0.05) is 0 Å². The fourth-order valence-electron chi connectivity index (χ4n) is 3.09. The normalized spacial score (nSPS) is 16.4. The summed E-state index contributed by atoms with van der Waals surface area (Å²) in [5.41, 5.74) is 0. The van der Waals surface area contributed by atoms with E-state index in [1.165, 1.54) is 0 Å². The summed E-state index contributed by atoms with van der Waals surface area (Å²) in [7, 11) is 15.9. The molecule has 0 amide bonds. The molecule has 0 fully saturated rings. The number of rotatable bonds is 14. The Bertz CT molecular complexity index is 424. The Hall–Kier alpha value is -1.22. The standard InChI is InChI=1S/C20H40N6O/c1-23(2)13-9-11-17(15-21)19(25(5)6)27-20(26(7)8)18(16-22)12-10-14-24(3)4/h17-20H,9-14H2,1-8H3. The van der Waals surface area contributed by atoms with Crippen LogP contribution in [-0.2, 0) is 4.74 Å². The van der Waals surface area contributed by atoms with Crippen molar-refractivity contribution < 1.29 is 4.74 Å². The first kappa shape index (κ1) is 25.8. The highest BCUT2D eigenvalue weighted by Gasteiger charge is 2.32. The second kappa shape index (κ2) is 13.9. The molecule has 0 saturated heterocycles. The van der Waals surface area contributed by atoms with Crippen molar-refractivity contribution in [2.24, 2.45) is 11.8 Å². The van der Waals surface area contributed by atoms with Gasteiger partial charge in [0, 0.05) is 0 Å². The molecule has 0 aliphatic rings. The van der Waals surface area contributed by atoms with Gasteiger partial charge in [-0.2, -0.15) is 10.5 Å². The molecule has 4 unspecified atom stereocenters. The predicted molar refractivity (Wildman–Crippen MR) is 110 cm³/mol. The van der Waals surface area contributed by atoms with E-state index in [1.807, 2.05) is 66.2 Å². The molecule has 7 heteroatoms. The van der Waals surface area contributed by atoms with Gasteiger partial charge in [-0.15, -0.1) is 0 Å². The second-order valence-corrected chi connectivity index (χ2v) is 8.21.